The van der Waals surface area contributed by atoms with Crippen molar-refractivity contribution in [1.82, 2.24) is 10.2 Å². The molecule has 1 amide bonds. The number of amides is 1. The summed E-state index contributed by atoms with van der Waals surface area (Å²) in [6.07, 6.45) is -4.40. The molecule has 0 spiro atoms. The molecule has 2 atom stereocenters. The van der Waals surface area contributed by atoms with Gasteiger partial charge in [-0.3, -0.25) is 14.9 Å². The molecule has 2 aliphatic rings. The Balaban J connectivity index is 1.52. The third kappa shape index (κ3) is 5.00. The van der Waals surface area contributed by atoms with Crippen molar-refractivity contribution in [3.05, 3.63) is 65.7 Å². The highest BCUT2D eigenvalue weighted by molar-refractivity contribution is 6.08. The van der Waals surface area contributed by atoms with E-state index < -0.39 is 35.6 Å². The molecule has 34 heavy (non-hydrogen) atoms. The van der Waals surface area contributed by atoms with E-state index in [4.69, 9.17) is 9.73 Å². The van der Waals surface area contributed by atoms with Gasteiger partial charge in [0.2, 0.25) is 11.9 Å². The zero-order valence-electron chi connectivity index (χ0n) is 18.6. The molecule has 0 radical (unpaired) electrons. The number of carbonyl (C=O) groups excluding carboxylic acids is 2. The first kappa shape index (κ1) is 23.6. The number of halogens is 3. The Labute approximate surface area is 195 Å². The third-order valence-electron chi connectivity index (χ3n) is 5.89. The van der Waals surface area contributed by atoms with Crippen LogP contribution in [-0.2, 0) is 20.5 Å². The molecule has 7 nitrogen and oxygen atoms in total. The third-order valence-corrected chi connectivity index (χ3v) is 5.89. The Hall–Kier alpha value is -3.56. The van der Waals surface area contributed by atoms with Gasteiger partial charge in [0.25, 0.3) is 0 Å². The summed E-state index contributed by atoms with van der Waals surface area (Å²) in [5.41, 5.74) is 0.524. The molecule has 10 heteroatoms. The van der Waals surface area contributed by atoms with E-state index in [9.17, 15) is 22.8 Å². The molecular formula is C24H25F3N4O3. The molecule has 0 saturated carbocycles. The first-order valence-electron chi connectivity index (χ1n) is 11.1. The summed E-state index contributed by atoms with van der Waals surface area (Å²) in [7, 11) is 0. The molecule has 0 bridgehead atoms. The summed E-state index contributed by atoms with van der Waals surface area (Å²) in [5, 5.41) is 2.73. The largest absolute Gasteiger partial charge is 0.465 e. The van der Waals surface area contributed by atoms with E-state index in [0.29, 0.717) is 37.8 Å². The summed E-state index contributed by atoms with van der Waals surface area (Å²) in [5.74, 6) is -1.87. The van der Waals surface area contributed by atoms with E-state index in [2.05, 4.69) is 5.32 Å². The molecular weight excluding hydrogens is 449 g/mol. The van der Waals surface area contributed by atoms with E-state index in [1.54, 1.807) is 13.0 Å². The number of hydrogen-bond donors (Lipinski definition) is 1. The van der Waals surface area contributed by atoms with Gasteiger partial charge in [0.05, 0.1) is 12.2 Å². The summed E-state index contributed by atoms with van der Waals surface area (Å²) in [4.78, 5) is 33.9. The zero-order valence-corrected chi connectivity index (χ0v) is 18.6. The van der Waals surface area contributed by atoms with Crippen LogP contribution in [0, 0.1) is 5.92 Å². The number of piperazine rings is 1. The molecule has 1 N–H and O–H groups in total. The molecule has 0 aromatic heterocycles. The van der Waals surface area contributed by atoms with Crippen molar-refractivity contribution in [1.29, 1.82) is 0 Å². The van der Waals surface area contributed by atoms with Crippen LogP contribution in [0.5, 0.6) is 0 Å². The standard InChI is InChI=1S/C24H25F3N4O3/c1-2-34-22(33)19-20(16-7-4-3-5-8-16)28-23(29-21(19)32)31-13-11-30(12-14-31)18-10-6-9-17(15-18)24(25,26)27/h3-10,15,19-20H,2,11-14H2,1H3,(H,28,29,32)/t19-,20+/m0/s1. The lowest BCUT2D eigenvalue weighted by Crippen LogP contribution is -2.57. The van der Waals surface area contributed by atoms with Gasteiger partial charge in [0.1, 0.15) is 6.04 Å². The normalized spacial score (nSPS) is 21.1. The number of benzene rings is 2. The number of aliphatic imine (C=N–C) groups is 1. The number of nitrogens with zero attached hydrogens (tertiary/aromatic N) is 3. The fraction of sp³-hybridized carbons (Fsp3) is 0.375. The number of nitrogens with one attached hydrogen (secondary N) is 1. The van der Waals surface area contributed by atoms with Gasteiger partial charge < -0.3 is 14.5 Å². The number of hydrogen-bond acceptors (Lipinski definition) is 6. The van der Waals surface area contributed by atoms with Crippen LogP contribution in [0.3, 0.4) is 0 Å². The predicted molar refractivity (Wildman–Crippen MR) is 120 cm³/mol. The Morgan fingerprint density at radius 1 is 1.06 bits per heavy atom. The number of ether oxygens (including phenoxy) is 1. The van der Waals surface area contributed by atoms with Crippen molar-refractivity contribution in [2.75, 3.05) is 37.7 Å². The minimum atomic E-state index is -4.40. The van der Waals surface area contributed by atoms with Crippen LogP contribution >= 0.6 is 0 Å². The highest BCUT2D eigenvalue weighted by atomic mass is 19.4. The lowest BCUT2D eigenvalue weighted by Gasteiger charge is -2.39. The minimum absolute atomic E-state index is 0.151. The highest BCUT2D eigenvalue weighted by Crippen LogP contribution is 2.33. The van der Waals surface area contributed by atoms with Gasteiger partial charge in [0, 0.05) is 31.9 Å². The van der Waals surface area contributed by atoms with Crippen molar-refractivity contribution in [2.45, 2.75) is 19.1 Å². The van der Waals surface area contributed by atoms with E-state index in [1.165, 1.54) is 6.07 Å². The van der Waals surface area contributed by atoms with Crippen molar-refractivity contribution in [3.8, 4) is 0 Å². The second kappa shape index (κ2) is 9.74. The van der Waals surface area contributed by atoms with Crippen LogP contribution in [0.15, 0.2) is 59.6 Å². The van der Waals surface area contributed by atoms with Crippen molar-refractivity contribution < 1.29 is 27.5 Å². The monoisotopic (exact) mass is 474 g/mol. The molecule has 0 unspecified atom stereocenters. The van der Waals surface area contributed by atoms with Gasteiger partial charge in [-0.25, -0.2) is 4.99 Å². The fourth-order valence-electron chi connectivity index (χ4n) is 4.17. The van der Waals surface area contributed by atoms with Gasteiger partial charge in [-0.1, -0.05) is 36.4 Å². The molecule has 1 saturated heterocycles. The van der Waals surface area contributed by atoms with Crippen molar-refractivity contribution in [3.63, 3.8) is 0 Å². The molecule has 1 fully saturated rings. The summed E-state index contributed by atoms with van der Waals surface area (Å²) < 4.78 is 44.3. The fourth-order valence-corrected chi connectivity index (χ4v) is 4.17. The van der Waals surface area contributed by atoms with Crippen LogP contribution in [0.1, 0.15) is 24.1 Å². The Morgan fingerprint density at radius 3 is 2.38 bits per heavy atom. The maximum Gasteiger partial charge on any atom is 0.416 e. The van der Waals surface area contributed by atoms with Crippen molar-refractivity contribution >= 4 is 23.5 Å². The van der Waals surface area contributed by atoms with Gasteiger partial charge in [-0.15, -0.1) is 0 Å². The van der Waals surface area contributed by atoms with Crippen LogP contribution in [0.4, 0.5) is 18.9 Å². The molecule has 180 valence electrons. The number of guanidine groups is 1. The van der Waals surface area contributed by atoms with Crippen LogP contribution in [0.25, 0.3) is 0 Å². The molecule has 2 heterocycles. The Kier molecular flexibility index (Phi) is 6.76. The van der Waals surface area contributed by atoms with E-state index in [0.717, 1.165) is 17.7 Å². The first-order chi connectivity index (χ1) is 16.3. The van der Waals surface area contributed by atoms with Crippen LogP contribution < -0.4 is 10.2 Å². The zero-order chi connectivity index (χ0) is 24.3. The number of carbonyl (C=O) groups is 2. The van der Waals surface area contributed by atoms with Gasteiger partial charge in [-0.05, 0) is 30.7 Å². The number of alkyl halides is 3. The topological polar surface area (TPSA) is 74.2 Å². The Bertz CT molecular complexity index is 1070. The van der Waals surface area contributed by atoms with E-state index in [1.807, 2.05) is 40.1 Å². The number of anilines is 1. The molecule has 2 aromatic carbocycles. The summed E-state index contributed by atoms with van der Waals surface area (Å²) in [6.45, 7) is 3.62. The molecule has 2 aromatic rings. The number of rotatable bonds is 4. The van der Waals surface area contributed by atoms with E-state index in [-0.39, 0.29) is 6.61 Å². The molecule has 4 rings (SSSR count). The Morgan fingerprint density at radius 2 is 1.74 bits per heavy atom. The van der Waals surface area contributed by atoms with Crippen LogP contribution in [-0.4, -0.2) is 55.5 Å². The first-order valence-corrected chi connectivity index (χ1v) is 11.1. The maximum atomic E-state index is 13.1. The van der Waals surface area contributed by atoms with Gasteiger partial charge >= 0.3 is 12.1 Å². The second-order valence-electron chi connectivity index (χ2n) is 8.05. The average molecular weight is 474 g/mol. The summed E-state index contributed by atoms with van der Waals surface area (Å²) >= 11 is 0. The highest BCUT2D eigenvalue weighted by Gasteiger charge is 2.42. The van der Waals surface area contributed by atoms with Gasteiger partial charge in [-0.2, -0.15) is 13.2 Å². The van der Waals surface area contributed by atoms with Crippen LogP contribution in [0.2, 0.25) is 0 Å². The SMILES string of the molecule is CCOC(=O)[C@@H]1C(=O)NC(N2CCN(c3cccc(C(F)(F)F)c3)CC2)=N[C@@H]1c1ccccc1. The molecule has 0 aliphatic carbocycles. The number of esters is 1. The lowest BCUT2D eigenvalue weighted by atomic mass is 9.91. The maximum absolute atomic E-state index is 13.1. The van der Waals surface area contributed by atoms with Gasteiger partial charge in [0.15, 0.2) is 5.92 Å². The smallest absolute Gasteiger partial charge is 0.416 e. The predicted octanol–water partition coefficient (Wildman–Crippen LogP) is 3.23. The lowest BCUT2D eigenvalue weighted by molar-refractivity contribution is -0.153. The van der Waals surface area contributed by atoms with Crippen molar-refractivity contribution in [2.24, 2.45) is 10.9 Å². The quantitative estimate of drug-likeness (QED) is 0.544. The molecule has 2 aliphatic heterocycles. The second-order valence-corrected chi connectivity index (χ2v) is 8.05. The van der Waals surface area contributed by atoms with E-state index >= 15 is 0 Å². The summed E-state index contributed by atoms with van der Waals surface area (Å²) in [6, 6.07) is 13.6. The minimum Gasteiger partial charge on any atom is -0.465 e. The average Bonchev–Trinajstić information content (AvgIpc) is 2.84.